The average molecular weight is 513 g/mol. The number of carbonyl (C=O) groups is 1. The summed E-state index contributed by atoms with van der Waals surface area (Å²) in [6.45, 7) is 3.34. The Bertz CT molecular complexity index is 1480. The molecule has 4 aromatic rings. The molecule has 0 aliphatic carbocycles. The van der Waals surface area contributed by atoms with E-state index in [1.54, 1.807) is 25.4 Å². The molecule has 0 saturated heterocycles. The summed E-state index contributed by atoms with van der Waals surface area (Å²) in [5.74, 6) is -0.729. The number of anilines is 2. The number of hydrogen-bond acceptors (Lipinski definition) is 5. The second-order valence-electron chi connectivity index (χ2n) is 8.40. The first-order valence-corrected chi connectivity index (χ1v) is 11.2. The van der Waals surface area contributed by atoms with Crippen LogP contribution in [0.5, 0.6) is 0 Å². The zero-order valence-electron chi connectivity index (χ0n) is 19.8. The molecule has 0 radical (unpaired) electrons. The molecule has 0 saturated carbocycles. The van der Waals surface area contributed by atoms with Gasteiger partial charge >= 0.3 is 6.18 Å². The minimum Gasteiger partial charge on any atom is -0.390 e. The van der Waals surface area contributed by atoms with Gasteiger partial charge in [0.15, 0.2) is 0 Å². The summed E-state index contributed by atoms with van der Waals surface area (Å²) in [4.78, 5) is 14.2. The third-order valence-corrected chi connectivity index (χ3v) is 5.99. The highest BCUT2D eigenvalue weighted by molar-refractivity contribution is 5.87. The van der Waals surface area contributed by atoms with Gasteiger partial charge in [0.2, 0.25) is 6.41 Å². The van der Waals surface area contributed by atoms with Crippen LogP contribution in [0.25, 0.3) is 10.8 Å². The number of nitrogens with zero attached hydrogens (tertiary/aromatic N) is 3. The topological polar surface area (TPSA) is 92.1 Å². The molecule has 2 aromatic heterocycles. The zero-order chi connectivity index (χ0) is 26.7. The number of pyridine rings is 1. The zero-order valence-corrected chi connectivity index (χ0v) is 19.8. The second-order valence-corrected chi connectivity index (χ2v) is 8.40. The number of halogens is 4. The van der Waals surface area contributed by atoms with Crippen molar-refractivity contribution < 1.29 is 27.5 Å². The Morgan fingerprint density at radius 1 is 1.11 bits per heavy atom. The van der Waals surface area contributed by atoms with Crippen LogP contribution in [0, 0.1) is 5.82 Å². The monoisotopic (exact) mass is 513 g/mol. The minimum atomic E-state index is -4.74. The molecular weight excluding hydrogens is 490 g/mol. The molecule has 1 aliphatic rings. The van der Waals surface area contributed by atoms with Crippen LogP contribution in [0.3, 0.4) is 0 Å². The molecule has 0 spiro atoms. The highest BCUT2D eigenvalue weighted by atomic mass is 19.4. The highest BCUT2D eigenvalue weighted by Gasteiger charge is 2.35. The van der Waals surface area contributed by atoms with Gasteiger partial charge in [0.1, 0.15) is 17.7 Å². The van der Waals surface area contributed by atoms with Gasteiger partial charge in [0.05, 0.1) is 17.9 Å². The van der Waals surface area contributed by atoms with E-state index in [0.717, 1.165) is 39.9 Å². The van der Waals surface area contributed by atoms with E-state index in [9.17, 15) is 27.5 Å². The summed E-state index contributed by atoms with van der Waals surface area (Å²) in [5.41, 5.74) is 1.88. The Balaban J connectivity index is 0.000000207. The number of fused-ring (bicyclic) bond motifs is 2. The molecule has 0 fully saturated rings. The fourth-order valence-electron chi connectivity index (χ4n) is 4.06. The number of hydrogen-bond donors (Lipinski definition) is 3. The maximum atomic E-state index is 14.0. The maximum absolute atomic E-state index is 14.0. The number of aliphatic hydroxyl groups excluding tert-OH is 1. The first kappa shape index (κ1) is 25.8. The van der Waals surface area contributed by atoms with Crippen molar-refractivity contribution in [1.82, 2.24) is 14.8 Å². The normalized spacial score (nSPS) is 14.9. The number of aromatic nitrogens is 3. The molecule has 11 heteroatoms. The summed E-state index contributed by atoms with van der Waals surface area (Å²) in [7, 11) is 0. The Morgan fingerprint density at radius 3 is 2.57 bits per heavy atom. The SMILES string of the molecule is CC1=C(C)C(c2ccc(C(F)(F)F)c(F)c2)n2nc(CO)cc2N1.O=CNc1ccc2cnccc2c1. The van der Waals surface area contributed by atoms with Crippen LogP contribution in [0.4, 0.5) is 29.1 Å². The van der Waals surface area contributed by atoms with E-state index < -0.39 is 23.6 Å². The van der Waals surface area contributed by atoms with E-state index in [2.05, 4.69) is 20.7 Å². The van der Waals surface area contributed by atoms with Crippen molar-refractivity contribution in [1.29, 1.82) is 0 Å². The average Bonchev–Trinajstić information content (AvgIpc) is 3.27. The summed E-state index contributed by atoms with van der Waals surface area (Å²) >= 11 is 0. The molecular formula is C26H23F4N5O2. The van der Waals surface area contributed by atoms with Gasteiger partial charge < -0.3 is 15.7 Å². The van der Waals surface area contributed by atoms with Crippen molar-refractivity contribution in [2.75, 3.05) is 10.6 Å². The van der Waals surface area contributed by atoms with Crippen LogP contribution in [0.2, 0.25) is 0 Å². The molecule has 1 amide bonds. The van der Waals surface area contributed by atoms with Crippen molar-refractivity contribution in [2.24, 2.45) is 0 Å². The predicted molar refractivity (Wildman–Crippen MR) is 131 cm³/mol. The van der Waals surface area contributed by atoms with Gasteiger partial charge in [0.25, 0.3) is 0 Å². The number of amides is 1. The third kappa shape index (κ3) is 5.46. The molecule has 3 N–H and O–H groups in total. The number of benzene rings is 2. The summed E-state index contributed by atoms with van der Waals surface area (Å²) in [5, 5.41) is 21.3. The predicted octanol–water partition coefficient (Wildman–Crippen LogP) is 5.65. The van der Waals surface area contributed by atoms with Crippen molar-refractivity contribution in [2.45, 2.75) is 32.7 Å². The first-order chi connectivity index (χ1) is 17.6. The van der Waals surface area contributed by atoms with Crippen molar-refractivity contribution in [3.8, 4) is 0 Å². The van der Waals surface area contributed by atoms with Gasteiger partial charge in [-0.2, -0.15) is 18.3 Å². The Hall–Kier alpha value is -4.25. The van der Waals surface area contributed by atoms with Crippen molar-refractivity contribution >= 4 is 28.7 Å². The number of alkyl halides is 3. The fraction of sp³-hybridized carbons (Fsp3) is 0.192. The number of rotatable bonds is 4. The lowest BCUT2D eigenvalue weighted by Gasteiger charge is -2.29. The van der Waals surface area contributed by atoms with Gasteiger partial charge in [-0.1, -0.05) is 12.1 Å². The molecule has 1 aliphatic heterocycles. The second kappa shape index (κ2) is 10.4. The van der Waals surface area contributed by atoms with Crippen LogP contribution >= 0.6 is 0 Å². The van der Waals surface area contributed by atoms with Gasteiger partial charge in [-0.3, -0.25) is 9.78 Å². The van der Waals surface area contributed by atoms with E-state index in [4.69, 9.17) is 0 Å². The van der Waals surface area contributed by atoms with E-state index in [1.165, 1.54) is 10.7 Å². The number of aliphatic hydroxyl groups is 1. The van der Waals surface area contributed by atoms with Crippen LogP contribution in [0.1, 0.15) is 36.7 Å². The lowest BCUT2D eigenvalue weighted by Crippen LogP contribution is -2.23. The summed E-state index contributed by atoms with van der Waals surface area (Å²) in [6.07, 6.45) is -0.548. The number of carbonyl (C=O) groups excluding carboxylic acids is 1. The molecule has 192 valence electrons. The molecule has 5 rings (SSSR count). The first-order valence-electron chi connectivity index (χ1n) is 11.2. The van der Waals surface area contributed by atoms with Crippen molar-refractivity contribution in [3.05, 3.63) is 94.8 Å². The minimum absolute atomic E-state index is 0.270. The Labute approximate surface area is 209 Å². The van der Waals surface area contributed by atoms with Gasteiger partial charge in [-0.15, -0.1) is 0 Å². The smallest absolute Gasteiger partial charge is 0.390 e. The van der Waals surface area contributed by atoms with E-state index in [0.29, 0.717) is 23.5 Å². The van der Waals surface area contributed by atoms with Gasteiger partial charge in [0, 0.05) is 35.2 Å². The van der Waals surface area contributed by atoms with Gasteiger partial charge in [-0.25, -0.2) is 9.07 Å². The standard InChI is InChI=1S/C16H15F4N3O.C10H8N2O/c1-8-9(2)21-14-6-11(7-24)22-23(14)15(8)10-3-4-12(13(17)5-10)16(18,19)20;13-7-12-10-2-1-9-6-11-4-3-8(9)5-10/h3-6,15,21,24H,7H2,1-2H3;1-7H,(H,12,13). The Kier molecular flexibility index (Phi) is 7.25. The van der Waals surface area contributed by atoms with Crippen molar-refractivity contribution in [3.63, 3.8) is 0 Å². The van der Waals surface area contributed by atoms with Crippen LogP contribution in [-0.4, -0.2) is 26.3 Å². The molecule has 0 bridgehead atoms. The van der Waals surface area contributed by atoms with E-state index in [1.807, 2.05) is 31.2 Å². The van der Waals surface area contributed by atoms with E-state index >= 15 is 0 Å². The molecule has 2 aromatic carbocycles. The quantitative estimate of drug-likeness (QED) is 0.243. The van der Waals surface area contributed by atoms with Crippen LogP contribution in [0.15, 0.2) is 72.2 Å². The molecule has 1 unspecified atom stereocenters. The molecule has 3 heterocycles. The lowest BCUT2D eigenvalue weighted by atomic mass is 9.96. The third-order valence-electron chi connectivity index (χ3n) is 5.99. The maximum Gasteiger partial charge on any atom is 0.419 e. The number of nitrogens with one attached hydrogen (secondary N) is 2. The highest BCUT2D eigenvalue weighted by Crippen LogP contribution is 2.38. The number of allylic oxidation sites excluding steroid dienone is 2. The van der Waals surface area contributed by atoms with E-state index in [-0.39, 0.29) is 6.61 Å². The lowest BCUT2D eigenvalue weighted by molar-refractivity contribution is -0.140. The largest absolute Gasteiger partial charge is 0.419 e. The molecule has 7 nitrogen and oxygen atoms in total. The summed E-state index contributed by atoms with van der Waals surface area (Å²) in [6, 6.07) is 11.6. The summed E-state index contributed by atoms with van der Waals surface area (Å²) < 4.78 is 53.7. The van der Waals surface area contributed by atoms with Crippen LogP contribution < -0.4 is 10.6 Å². The Morgan fingerprint density at radius 2 is 1.89 bits per heavy atom. The molecule has 1 atom stereocenters. The van der Waals surface area contributed by atoms with Gasteiger partial charge in [-0.05, 0) is 60.7 Å². The van der Waals surface area contributed by atoms with Crippen LogP contribution in [-0.2, 0) is 17.6 Å². The molecule has 37 heavy (non-hydrogen) atoms. The fourth-order valence-corrected chi connectivity index (χ4v) is 4.06.